The summed E-state index contributed by atoms with van der Waals surface area (Å²) in [6, 6.07) is 1.94. The predicted octanol–water partition coefficient (Wildman–Crippen LogP) is 2.34. The quantitative estimate of drug-likeness (QED) is 0.858. The highest BCUT2D eigenvalue weighted by Gasteiger charge is 2.23. The van der Waals surface area contributed by atoms with E-state index in [0.717, 1.165) is 24.4 Å². The molecule has 0 bridgehead atoms. The summed E-state index contributed by atoms with van der Waals surface area (Å²) in [7, 11) is 0. The van der Waals surface area contributed by atoms with E-state index in [1.807, 2.05) is 17.7 Å². The zero-order valence-corrected chi connectivity index (χ0v) is 12.9. The summed E-state index contributed by atoms with van der Waals surface area (Å²) in [4.78, 5) is 12.1. The maximum Gasteiger partial charge on any atom is 0.140 e. The molecular formula is C15H27N3O. The lowest BCUT2D eigenvalue weighted by atomic mass is 9.84. The van der Waals surface area contributed by atoms with Crippen LogP contribution in [0.1, 0.15) is 52.4 Å². The molecule has 19 heavy (non-hydrogen) atoms. The Labute approximate surface area is 116 Å². The van der Waals surface area contributed by atoms with Crippen LogP contribution in [0.25, 0.3) is 0 Å². The first-order chi connectivity index (χ1) is 8.77. The number of hydrogen-bond donors (Lipinski definition) is 1. The highest BCUT2D eigenvalue weighted by atomic mass is 16.1. The van der Waals surface area contributed by atoms with Crippen molar-refractivity contribution in [1.82, 2.24) is 9.78 Å². The molecule has 0 aliphatic heterocycles. The molecule has 0 aliphatic rings. The maximum absolute atomic E-state index is 12.1. The van der Waals surface area contributed by atoms with Gasteiger partial charge < -0.3 is 5.73 Å². The van der Waals surface area contributed by atoms with Crippen molar-refractivity contribution in [2.24, 2.45) is 11.1 Å². The van der Waals surface area contributed by atoms with Crippen LogP contribution in [0.2, 0.25) is 0 Å². The van der Waals surface area contributed by atoms with Gasteiger partial charge in [-0.2, -0.15) is 5.10 Å². The minimum atomic E-state index is -0.0938. The molecule has 0 fully saturated rings. The van der Waals surface area contributed by atoms with Crippen LogP contribution < -0.4 is 5.73 Å². The average molecular weight is 265 g/mol. The Morgan fingerprint density at radius 3 is 2.53 bits per heavy atom. The van der Waals surface area contributed by atoms with Crippen LogP contribution in [0.4, 0.5) is 0 Å². The molecule has 1 atom stereocenters. The zero-order chi connectivity index (χ0) is 14.6. The second-order valence-corrected chi connectivity index (χ2v) is 6.19. The number of Topliss-reactive ketones (excluding diaryl/α,β-unsaturated/α-hetero) is 1. The van der Waals surface area contributed by atoms with Gasteiger partial charge in [0.1, 0.15) is 5.78 Å². The Morgan fingerprint density at radius 2 is 2.05 bits per heavy atom. The van der Waals surface area contributed by atoms with Crippen LogP contribution in [-0.2, 0) is 24.2 Å². The Morgan fingerprint density at radius 1 is 1.42 bits per heavy atom. The third-order valence-electron chi connectivity index (χ3n) is 3.51. The van der Waals surface area contributed by atoms with E-state index < -0.39 is 0 Å². The first kappa shape index (κ1) is 15.9. The largest absolute Gasteiger partial charge is 0.327 e. The molecule has 1 aromatic heterocycles. The molecule has 0 aliphatic carbocycles. The fourth-order valence-corrected chi connectivity index (χ4v) is 1.93. The van der Waals surface area contributed by atoms with E-state index in [1.165, 1.54) is 0 Å². The van der Waals surface area contributed by atoms with Gasteiger partial charge in [0.2, 0.25) is 0 Å². The number of aryl methyl sites for hydroxylation is 2. The molecule has 0 saturated carbocycles. The fraction of sp³-hybridized carbons (Fsp3) is 0.733. The van der Waals surface area contributed by atoms with Crippen LogP contribution in [0.15, 0.2) is 6.07 Å². The molecule has 1 heterocycles. The Kier molecular flexibility index (Phi) is 5.29. The molecule has 108 valence electrons. The van der Waals surface area contributed by atoms with E-state index in [2.05, 4.69) is 32.8 Å². The average Bonchev–Trinajstić information content (AvgIpc) is 2.69. The predicted molar refractivity (Wildman–Crippen MR) is 78.0 cm³/mol. The third-order valence-corrected chi connectivity index (χ3v) is 3.51. The number of ketones is 1. The molecule has 2 N–H and O–H groups in total. The maximum atomic E-state index is 12.1. The van der Waals surface area contributed by atoms with E-state index in [0.29, 0.717) is 12.8 Å². The van der Waals surface area contributed by atoms with E-state index in [9.17, 15) is 4.79 Å². The lowest BCUT2D eigenvalue weighted by Gasteiger charge is -2.26. The first-order valence-electron chi connectivity index (χ1n) is 7.10. The molecular weight excluding hydrogens is 238 g/mol. The number of hydrogen-bond acceptors (Lipinski definition) is 3. The summed E-state index contributed by atoms with van der Waals surface area (Å²) in [6.07, 6.45) is 1.76. The van der Waals surface area contributed by atoms with E-state index in [1.54, 1.807) is 0 Å². The van der Waals surface area contributed by atoms with Crippen LogP contribution >= 0.6 is 0 Å². The lowest BCUT2D eigenvalue weighted by molar-refractivity contribution is -0.119. The van der Waals surface area contributed by atoms with Gasteiger partial charge in [0.15, 0.2) is 0 Å². The van der Waals surface area contributed by atoms with Gasteiger partial charge in [-0.15, -0.1) is 0 Å². The normalized spacial score (nSPS) is 13.6. The molecule has 1 rings (SSSR count). The SMILES string of the molecule is CCc1cc(CC(=O)CC(N)C(C)(C)C)n(CC)n1. The zero-order valence-electron chi connectivity index (χ0n) is 12.9. The van der Waals surface area contributed by atoms with Gasteiger partial charge in [-0.25, -0.2) is 0 Å². The number of aromatic nitrogens is 2. The van der Waals surface area contributed by atoms with Gasteiger partial charge in [-0.05, 0) is 24.8 Å². The van der Waals surface area contributed by atoms with Crippen LogP contribution in [0.5, 0.6) is 0 Å². The molecule has 4 nitrogen and oxygen atoms in total. The summed E-state index contributed by atoms with van der Waals surface area (Å²) < 4.78 is 1.92. The molecule has 1 aromatic rings. The summed E-state index contributed by atoms with van der Waals surface area (Å²) >= 11 is 0. The number of rotatable bonds is 6. The summed E-state index contributed by atoms with van der Waals surface area (Å²) in [5.41, 5.74) is 8.08. The van der Waals surface area contributed by atoms with Crippen LogP contribution in [0, 0.1) is 5.41 Å². The number of carbonyl (C=O) groups excluding carboxylic acids is 1. The lowest BCUT2D eigenvalue weighted by Crippen LogP contribution is -2.37. The first-order valence-corrected chi connectivity index (χ1v) is 7.10. The monoisotopic (exact) mass is 265 g/mol. The van der Waals surface area contributed by atoms with Crippen molar-refractivity contribution >= 4 is 5.78 Å². The van der Waals surface area contributed by atoms with E-state index in [4.69, 9.17) is 5.73 Å². The van der Waals surface area contributed by atoms with Crippen molar-refractivity contribution in [3.05, 3.63) is 17.5 Å². The highest BCUT2D eigenvalue weighted by molar-refractivity contribution is 5.81. The standard InChI is InChI=1S/C15H27N3O/c1-6-11-8-12(18(7-2)17-11)9-13(19)10-14(16)15(3,4)5/h8,14H,6-7,9-10,16H2,1-5H3. The van der Waals surface area contributed by atoms with Crippen LogP contribution in [-0.4, -0.2) is 21.6 Å². The number of nitrogens with two attached hydrogens (primary N) is 1. The minimum Gasteiger partial charge on any atom is -0.327 e. The molecule has 4 heteroatoms. The minimum absolute atomic E-state index is 0.0325. The number of nitrogens with zero attached hydrogens (tertiary/aromatic N) is 2. The molecule has 0 aromatic carbocycles. The Balaban J connectivity index is 2.69. The molecule has 0 spiro atoms. The van der Waals surface area contributed by atoms with Gasteiger partial charge in [0.05, 0.1) is 5.69 Å². The molecule has 0 amide bonds. The summed E-state index contributed by atoms with van der Waals surface area (Å²) in [5.74, 6) is 0.194. The second-order valence-electron chi connectivity index (χ2n) is 6.19. The van der Waals surface area contributed by atoms with Gasteiger partial charge >= 0.3 is 0 Å². The fourth-order valence-electron chi connectivity index (χ4n) is 1.93. The van der Waals surface area contributed by atoms with Crippen molar-refractivity contribution < 1.29 is 4.79 Å². The van der Waals surface area contributed by atoms with Crippen molar-refractivity contribution in [1.29, 1.82) is 0 Å². The summed E-state index contributed by atoms with van der Waals surface area (Å²) in [5, 5.41) is 4.46. The van der Waals surface area contributed by atoms with E-state index in [-0.39, 0.29) is 17.2 Å². The van der Waals surface area contributed by atoms with Crippen molar-refractivity contribution in [3.63, 3.8) is 0 Å². The second kappa shape index (κ2) is 6.33. The smallest absolute Gasteiger partial charge is 0.140 e. The Hall–Kier alpha value is -1.16. The molecule has 0 saturated heterocycles. The van der Waals surface area contributed by atoms with Crippen molar-refractivity contribution in [2.75, 3.05) is 0 Å². The topological polar surface area (TPSA) is 60.9 Å². The van der Waals surface area contributed by atoms with Crippen molar-refractivity contribution in [2.45, 2.75) is 66.5 Å². The van der Waals surface area contributed by atoms with E-state index >= 15 is 0 Å². The molecule has 1 unspecified atom stereocenters. The number of carbonyl (C=O) groups is 1. The van der Waals surface area contributed by atoms with Gasteiger partial charge in [0.25, 0.3) is 0 Å². The summed E-state index contributed by atoms with van der Waals surface area (Å²) in [6.45, 7) is 11.1. The van der Waals surface area contributed by atoms with Crippen LogP contribution in [0.3, 0.4) is 0 Å². The third kappa shape index (κ3) is 4.46. The van der Waals surface area contributed by atoms with Gasteiger partial charge in [-0.1, -0.05) is 27.7 Å². The van der Waals surface area contributed by atoms with Gasteiger partial charge in [-0.3, -0.25) is 9.48 Å². The van der Waals surface area contributed by atoms with Gasteiger partial charge in [0, 0.05) is 31.1 Å². The Bertz CT molecular complexity index is 429. The molecule has 0 radical (unpaired) electrons. The van der Waals surface area contributed by atoms with Crippen molar-refractivity contribution in [3.8, 4) is 0 Å². The highest BCUT2D eigenvalue weighted by Crippen LogP contribution is 2.20.